The van der Waals surface area contributed by atoms with Gasteiger partial charge in [0.15, 0.2) is 0 Å². The average molecular weight is 250 g/mol. The van der Waals surface area contributed by atoms with Crippen molar-refractivity contribution >= 4 is 5.69 Å². The summed E-state index contributed by atoms with van der Waals surface area (Å²) < 4.78 is 7.05. The molecule has 2 aromatic rings. The van der Waals surface area contributed by atoms with Crippen LogP contribution in [0.25, 0.3) is 0 Å². The van der Waals surface area contributed by atoms with Crippen LogP contribution in [0.4, 0.5) is 5.69 Å². The number of nitro groups is 1. The molecular formula is C11H14N4O3. The molecular weight excluding hydrogens is 236 g/mol. The predicted molar refractivity (Wildman–Crippen MR) is 64.1 cm³/mol. The first-order valence-corrected chi connectivity index (χ1v) is 5.63. The zero-order valence-corrected chi connectivity index (χ0v) is 9.78. The number of hydrogen-bond donors (Lipinski definition) is 1. The summed E-state index contributed by atoms with van der Waals surface area (Å²) in [6.45, 7) is 1.01. The molecule has 0 aromatic carbocycles. The monoisotopic (exact) mass is 250 g/mol. The van der Waals surface area contributed by atoms with E-state index in [-0.39, 0.29) is 5.69 Å². The normalized spacial score (nSPS) is 10.7. The van der Waals surface area contributed by atoms with Gasteiger partial charge in [0, 0.05) is 6.42 Å². The number of rotatable bonds is 6. The summed E-state index contributed by atoms with van der Waals surface area (Å²) in [5, 5.41) is 14.4. The van der Waals surface area contributed by atoms with Gasteiger partial charge >= 0.3 is 5.69 Å². The molecule has 0 unspecified atom stereocenters. The molecule has 0 saturated heterocycles. The molecule has 7 heteroatoms. The van der Waals surface area contributed by atoms with Gasteiger partial charge in [-0.2, -0.15) is 5.10 Å². The molecule has 0 saturated carbocycles. The second kappa shape index (κ2) is 5.46. The van der Waals surface area contributed by atoms with Gasteiger partial charge < -0.3 is 10.2 Å². The molecule has 2 rings (SSSR count). The van der Waals surface area contributed by atoms with Gasteiger partial charge in [-0.25, -0.2) is 0 Å². The highest BCUT2D eigenvalue weighted by Gasteiger charge is 2.10. The van der Waals surface area contributed by atoms with Gasteiger partial charge in [0.05, 0.1) is 11.5 Å². The van der Waals surface area contributed by atoms with E-state index >= 15 is 0 Å². The second-order valence-corrected chi connectivity index (χ2v) is 3.91. The topological polar surface area (TPSA) is 100 Å². The van der Waals surface area contributed by atoms with Crippen LogP contribution in [0.3, 0.4) is 0 Å². The molecule has 0 atom stereocenters. The Balaban J connectivity index is 1.99. The van der Waals surface area contributed by atoms with Crippen LogP contribution in [0.1, 0.15) is 17.9 Å². The van der Waals surface area contributed by atoms with Gasteiger partial charge in [0.2, 0.25) is 0 Å². The average Bonchev–Trinajstić information content (AvgIpc) is 2.96. The SMILES string of the molecule is NCCCc1ccc(Cn2cc([N+](=O)[O-])cn2)o1. The van der Waals surface area contributed by atoms with Crippen molar-refractivity contribution < 1.29 is 9.34 Å². The van der Waals surface area contributed by atoms with Gasteiger partial charge in [-0.1, -0.05) is 0 Å². The zero-order chi connectivity index (χ0) is 13.0. The quantitative estimate of drug-likeness (QED) is 0.615. The van der Waals surface area contributed by atoms with Crippen LogP contribution in [-0.2, 0) is 13.0 Å². The minimum Gasteiger partial charge on any atom is -0.464 e. The molecule has 0 aliphatic carbocycles. The zero-order valence-electron chi connectivity index (χ0n) is 9.78. The first kappa shape index (κ1) is 12.3. The molecule has 7 nitrogen and oxygen atoms in total. The number of hydrogen-bond acceptors (Lipinski definition) is 5. The number of aromatic nitrogens is 2. The molecule has 2 heterocycles. The van der Waals surface area contributed by atoms with E-state index in [1.54, 1.807) is 0 Å². The lowest BCUT2D eigenvalue weighted by molar-refractivity contribution is -0.385. The Hall–Kier alpha value is -2.15. The number of nitrogens with zero attached hydrogens (tertiary/aromatic N) is 3. The van der Waals surface area contributed by atoms with Crippen LogP contribution in [0.15, 0.2) is 28.9 Å². The highest BCUT2D eigenvalue weighted by Crippen LogP contribution is 2.13. The minimum atomic E-state index is -0.474. The molecule has 0 radical (unpaired) electrons. The van der Waals surface area contributed by atoms with Crippen LogP contribution in [-0.4, -0.2) is 21.2 Å². The maximum atomic E-state index is 10.5. The van der Waals surface area contributed by atoms with E-state index in [9.17, 15) is 10.1 Å². The van der Waals surface area contributed by atoms with Crippen molar-refractivity contribution in [3.8, 4) is 0 Å². The molecule has 0 aliphatic rings. The second-order valence-electron chi connectivity index (χ2n) is 3.91. The number of nitrogens with two attached hydrogens (primary N) is 1. The summed E-state index contributed by atoms with van der Waals surface area (Å²) in [5.74, 6) is 1.59. The Morgan fingerprint density at radius 3 is 2.89 bits per heavy atom. The lowest BCUT2D eigenvalue weighted by atomic mass is 10.2. The third kappa shape index (κ3) is 2.95. The van der Waals surface area contributed by atoms with E-state index in [4.69, 9.17) is 10.2 Å². The van der Waals surface area contributed by atoms with Crippen LogP contribution in [0.2, 0.25) is 0 Å². The van der Waals surface area contributed by atoms with Crippen molar-refractivity contribution in [1.29, 1.82) is 0 Å². The summed E-state index contributed by atoms with van der Waals surface area (Å²) in [6, 6.07) is 3.74. The first-order valence-electron chi connectivity index (χ1n) is 5.63. The standard InChI is InChI=1S/C11H14N4O3/c12-5-1-2-10-3-4-11(18-10)8-14-7-9(6-13-14)15(16)17/h3-4,6-7H,1-2,5,8,12H2. The molecule has 18 heavy (non-hydrogen) atoms. The summed E-state index contributed by atoms with van der Waals surface area (Å²) in [4.78, 5) is 10.0. The molecule has 0 spiro atoms. The molecule has 0 bridgehead atoms. The van der Waals surface area contributed by atoms with Crippen LogP contribution < -0.4 is 5.73 Å². The van der Waals surface area contributed by atoms with Crippen LogP contribution in [0, 0.1) is 10.1 Å². The van der Waals surface area contributed by atoms with E-state index in [1.807, 2.05) is 12.1 Å². The summed E-state index contributed by atoms with van der Waals surface area (Å²) >= 11 is 0. The fourth-order valence-electron chi connectivity index (χ4n) is 1.61. The largest absolute Gasteiger partial charge is 0.464 e. The highest BCUT2D eigenvalue weighted by molar-refractivity contribution is 5.21. The van der Waals surface area contributed by atoms with E-state index in [0.29, 0.717) is 13.1 Å². The Morgan fingerprint density at radius 1 is 1.44 bits per heavy atom. The molecule has 0 fully saturated rings. The molecule has 0 amide bonds. The van der Waals surface area contributed by atoms with Crippen molar-refractivity contribution in [3.05, 3.63) is 46.2 Å². The highest BCUT2D eigenvalue weighted by atomic mass is 16.6. The Kier molecular flexibility index (Phi) is 3.73. The lowest BCUT2D eigenvalue weighted by Gasteiger charge is -1.97. The van der Waals surface area contributed by atoms with Crippen molar-refractivity contribution in [2.45, 2.75) is 19.4 Å². The van der Waals surface area contributed by atoms with Crippen molar-refractivity contribution in [1.82, 2.24) is 9.78 Å². The maximum Gasteiger partial charge on any atom is 0.307 e. The van der Waals surface area contributed by atoms with Gasteiger partial charge in [0.1, 0.15) is 23.9 Å². The molecule has 0 aliphatic heterocycles. The van der Waals surface area contributed by atoms with Gasteiger partial charge in [-0.3, -0.25) is 14.8 Å². The van der Waals surface area contributed by atoms with Gasteiger partial charge in [-0.05, 0) is 25.1 Å². The third-order valence-electron chi connectivity index (χ3n) is 2.49. The van der Waals surface area contributed by atoms with E-state index in [1.165, 1.54) is 17.1 Å². The Bertz CT molecular complexity index is 532. The van der Waals surface area contributed by atoms with E-state index in [0.717, 1.165) is 24.4 Å². The van der Waals surface area contributed by atoms with Crippen LogP contribution >= 0.6 is 0 Å². The van der Waals surface area contributed by atoms with Gasteiger partial charge in [0.25, 0.3) is 0 Å². The minimum absolute atomic E-state index is 0.0232. The fourth-order valence-corrected chi connectivity index (χ4v) is 1.61. The summed E-state index contributed by atoms with van der Waals surface area (Å²) in [5.41, 5.74) is 5.39. The maximum absolute atomic E-state index is 10.5. The van der Waals surface area contributed by atoms with Crippen molar-refractivity contribution in [2.24, 2.45) is 5.73 Å². The first-order chi connectivity index (χ1) is 8.69. The van der Waals surface area contributed by atoms with Gasteiger partial charge in [-0.15, -0.1) is 0 Å². The fraction of sp³-hybridized carbons (Fsp3) is 0.364. The Morgan fingerprint density at radius 2 is 2.22 bits per heavy atom. The summed E-state index contributed by atoms with van der Waals surface area (Å²) in [7, 11) is 0. The predicted octanol–water partition coefficient (Wildman–Crippen LogP) is 1.32. The van der Waals surface area contributed by atoms with Crippen LogP contribution in [0.5, 0.6) is 0 Å². The van der Waals surface area contributed by atoms with Crippen molar-refractivity contribution in [2.75, 3.05) is 6.54 Å². The smallest absolute Gasteiger partial charge is 0.307 e. The van der Waals surface area contributed by atoms with E-state index in [2.05, 4.69) is 5.10 Å². The molecule has 2 aromatic heterocycles. The third-order valence-corrected chi connectivity index (χ3v) is 2.49. The van der Waals surface area contributed by atoms with Crippen molar-refractivity contribution in [3.63, 3.8) is 0 Å². The Labute approximate surface area is 103 Å². The molecule has 2 N–H and O–H groups in total. The molecule has 96 valence electrons. The summed E-state index contributed by atoms with van der Waals surface area (Å²) in [6.07, 6.45) is 4.27. The van der Waals surface area contributed by atoms with E-state index < -0.39 is 4.92 Å². The lowest BCUT2D eigenvalue weighted by Crippen LogP contribution is -2.00. The number of furan rings is 1. The number of aryl methyl sites for hydroxylation is 1.